The van der Waals surface area contributed by atoms with Gasteiger partial charge in [-0.2, -0.15) is 4.68 Å². The summed E-state index contributed by atoms with van der Waals surface area (Å²) in [6, 6.07) is 8.86. The zero-order chi connectivity index (χ0) is 15.0. The number of nitrogen functional groups attached to an aromatic ring is 1. The van der Waals surface area contributed by atoms with Crippen molar-refractivity contribution in [1.82, 2.24) is 20.2 Å². The SMILES string of the molecule is Nc1ccc(Cl)c(-c2nnnn2-c2cc(F)ccc2Cl)c1. The minimum Gasteiger partial charge on any atom is -0.399 e. The lowest BCUT2D eigenvalue weighted by atomic mass is 10.2. The van der Waals surface area contributed by atoms with Crippen LogP contribution in [0, 0.1) is 5.82 Å². The number of nitrogens with two attached hydrogens (primary N) is 1. The van der Waals surface area contributed by atoms with Crippen molar-refractivity contribution in [3.8, 4) is 17.1 Å². The summed E-state index contributed by atoms with van der Waals surface area (Å²) in [4.78, 5) is 0. The van der Waals surface area contributed by atoms with Gasteiger partial charge in [-0.05, 0) is 40.8 Å². The molecule has 1 aromatic heterocycles. The van der Waals surface area contributed by atoms with E-state index in [2.05, 4.69) is 15.5 Å². The number of benzene rings is 2. The fraction of sp³-hybridized carbons (Fsp3) is 0. The summed E-state index contributed by atoms with van der Waals surface area (Å²) in [7, 11) is 0. The second-order valence-corrected chi connectivity index (χ2v) is 5.06. The lowest BCUT2D eigenvalue weighted by molar-refractivity contribution is 0.625. The van der Waals surface area contributed by atoms with Crippen molar-refractivity contribution in [2.75, 3.05) is 5.73 Å². The van der Waals surface area contributed by atoms with Crippen LogP contribution in [0.25, 0.3) is 17.1 Å². The topological polar surface area (TPSA) is 69.6 Å². The molecule has 106 valence electrons. The Morgan fingerprint density at radius 2 is 1.81 bits per heavy atom. The molecular weight excluding hydrogens is 316 g/mol. The quantitative estimate of drug-likeness (QED) is 0.734. The van der Waals surface area contributed by atoms with Gasteiger partial charge in [0, 0.05) is 17.3 Å². The normalized spacial score (nSPS) is 10.8. The molecule has 2 N–H and O–H groups in total. The number of anilines is 1. The highest BCUT2D eigenvalue weighted by atomic mass is 35.5. The number of hydrogen-bond acceptors (Lipinski definition) is 4. The highest BCUT2D eigenvalue weighted by molar-refractivity contribution is 6.33. The van der Waals surface area contributed by atoms with Gasteiger partial charge in [0.15, 0.2) is 5.82 Å². The molecule has 0 aliphatic heterocycles. The first-order valence-electron chi connectivity index (χ1n) is 5.85. The van der Waals surface area contributed by atoms with Crippen molar-refractivity contribution in [2.24, 2.45) is 0 Å². The van der Waals surface area contributed by atoms with Crippen LogP contribution in [0.2, 0.25) is 10.0 Å². The molecule has 21 heavy (non-hydrogen) atoms. The van der Waals surface area contributed by atoms with E-state index in [4.69, 9.17) is 28.9 Å². The van der Waals surface area contributed by atoms with Crippen LogP contribution in [0.4, 0.5) is 10.1 Å². The van der Waals surface area contributed by atoms with Gasteiger partial charge in [0.1, 0.15) is 5.82 Å². The molecule has 3 rings (SSSR count). The van der Waals surface area contributed by atoms with Crippen molar-refractivity contribution in [1.29, 1.82) is 0 Å². The van der Waals surface area contributed by atoms with E-state index in [9.17, 15) is 4.39 Å². The van der Waals surface area contributed by atoms with Gasteiger partial charge in [-0.3, -0.25) is 0 Å². The van der Waals surface area contributed by atoms with E-state index in [1.54, 1.807) is 18.2 Å². The molecule has 0 unspecified atom stereocenters. The van der Waals surface area contributed by atoms with Gasteiger partial charge in [-0.25, -0.2) is 4.39 Å². The number of rotatable bonds is 2. The third-order valence-electron chi connectivity index (χ3n) is 2.84. The van der Waals surface area contributed by atoms with E-state index in [0.717, 1.165) is 0 Å². The zero-order valence-corrected chi connectivity index (χ0v) is 12.0. The largest absolute Gasteiger partial charge is 0.399 e. The lowest BCUT2D eigenvalue weighted by Crippen LogP contribution is -2.02. The predicted molar refractivity (Wildman–Crippen MR) is 79.0 cm³/mol. The molecule has 0 radical (unpaired) electrons. The number of aromatic nitrogens is 4. The Morgan fingerprint density at radius 3 is 2.62 bits per heavy atom. The van der Waals surface area contributed by atoms with Crippen LogP contribution in [0.3, 0.4) is 0 Å². The smallest absolute Gasteiger partial charge is 0.188 e. The summed E-state index contributed by atoms with van der Waals surface area (Å²) in [6.45, 7) is 0. The maximum atomic E-state index is 13.4. The Kier molecular flexibility index (Phi) is 3.48. The average Bonchev–Trinajstić information content (AvgIpc) is 2.93. The van der Waals surface area contributed by atoms with Gasteiger partial charge in [0.25, 0.3) is 0 Å². The molecule has 5 nitrogen and oxygen atoms in total. The molecule has 0 atom stereocenters. The van der Waals surface area contributed by atoms with Crippen molar-refractivity contribution in [2.45, 2.75) is 0 Å². The molecule has 2 aromatic carbocycles. The van der Waals surface area contributed by atoms with Gasteiger partial charge >= 0.3 is 0 Å². The molecule has 0 saturated heterocycles. The molecule has 0 bridgehead atoms. The van der Waals surface area contributed by atoms with E-state index in [1.165, 1.54) is 22.9 Å². The minimum atomic E-state index is -0.450. The fourth-order valence-electron chi connectivity index (χ4n) is 1.88. The Bertz CT molecular complexity index is 752. The molecule has 0 spiro atoms. The van der Waals surface area contributed by atoms with Gasteiger partial charge < -0.3 is 5.73 Å². The minimum absolute atomic E-state index is 0.310. The first-order chi connectivity index (χ1) is 10.1. The van der Waals surface area contributed by atoms with Crippen LogP contribution in [0.15, 0.2) is 36.4 Å². The maximum absolute atomic E-state index is 13.4. The first-order valence-corrected chi connectivity index (χ1v) is 6.61. The van der Waals surface area contributed by atoms with Crippen LogP contribution in [0.1, 0.15) is 0 Å². The summed E-state index contributed by atoms with van der Waals surface area (Å²) in [6.07, 6.45) is 0. The highest BCUT2D eigenvalue weighted by Crippen LogP contribution is 2.31. The summed E-state index contributed by atoms with van der Waals surface area (Å²) in [5.74, 6) is -0.130. The van der Waals surface area contributed by atoms with Crippen LogP contribution in [-0.4, -0.2) is 20.2 Å². The zero-order valence-electron chi connectivity index (χ0n) is 10.5. The Balaban J connectivity index is 2.22. The van der Waals surface area contributed by atoms with E-state index in [1.807, 2.05) is 0 Å². The third-order valence-corrected chi connectivity index (χ3v) is 3.49. The highest BCUT2D eigenvalue weighted by Gasteiger charge is 2.16. The fourth-order valence-corrected chi connectivity index (χ4v) is 2.28. The summed E-state index contributed by atoms with van der Waals surface area (Å²) >= 11 is 12.2. The predicted octanol–water partition coefficient (Wildman–Crippen LogP) is 3.36. The lowest BCUT2D eigenvalue weighted by Gasteiger charge is -2.08. The van der Waals surface area contributed by atoms with Crippen LogP contribution < -0.4 is 5.73 Å². The van der Waals surface area contributed by atoms with Gasteiger partial charge in [0.05, 0.1) is 15.7 Å². The monoisotopic (exact) mass is 323 g/mol. The Labute approximate surface area is 129 Å². The molecule has 8 heteroatoms. The van der Waals surface area contributed by atoms with Crippen molar-refractivity contribution in [3.05, 3.63) is 52.3 Å². The number of hydrogen-bond donors (Lipinski definition) is 1. The van der Waals surface area contributed by atoms with Crippen molar-refractivity contribution < 1.29 is 4.39 Å². The molecule has 3 aromatic rings. The van der Waals surface area contributed by atoms with Crippen LogP contribution in [0.5, 0.6) is 0 Å². The molecule has 0 aliphatic carbocycles. The van der Waals surface area contributed by atoms with Gasteiger partial charge in [-0.15, -0.1) is 5.10 Å². The second kappa shape index (κ2) is 5.31. The molecule has 0 amide bonds. The molecule has 1 heterocycles. The molecule has 0 fully saturated rings. The molecular formula is C13H8Cl2FN5. The Morgan fingerprint density at radius 1 is 1.05 bits per heavy atom. The van der Waals surface area contributed by atoms with E-state index in [0.29, 0.717) is 32.8 Å². The standard InChI is InChI=1S/C13H8Cl2FN5/c14-10-4-2-8(17)6-9(10)13-18-19-20-21(13)12-5-7(16)1-3-11(12)15/h1-6H,17H2. The van der Waals surface area contributed by atoms with Crippen LogP contribution >= 0.6 is 23.2 Å². The second-order valence-electron chi connectivity index (χ2n) is 4.25. The summed E-state index contributed by atoms with van der Waals surface area (Å²) in [5.41, 5.74) is 7.11. The third kappa shape index (κ3) is 2.55. The van der Waals surface area contributed by atoms with E-state index >= 15 is 0 Å². The number of nitrogens with zero attached hydrogens (tertiary/aromatic N) is 4. The van der Waals surface area contributed by atoms with Crippen molar-refractivity contribution in [3.63, 3.8) is 0 Å². The van der Waals surface area contributed by atoms with E-state index in [-0.39, 0.29) is 0 Å². The van der Waals surface area contributed by atoms with Gasteiger partial charge in [-0.1, -0.05) is 23.2 Å². The van der Waals surface area contributed by atoms with Crippen molar-refractivity contribution >= 4 is 28.9 Å². The maximum Gasteiger partial charge on any atom is 0.188 e. The average molecular weight is 324 g/mol. The first kappa shape index (κ1) is 13.8. The molecule has 0 saturated carbocycles. The Hall–Kier alpha value is -2.18. The summed E-state index contributed by atoms with van der Waals surface area (Å²) in [5, 5.41) is 12.1. The molecule has 0 aliphatic rings. The van der Waals surface area contributed by atoms with Crippen LogP contribution in [-0.2, 0) is 0 Å². The summed E-state index contributed by atoms with van der Waals surface area (Å²) < 4.78 is 14.7. The number of tetrazole rings is 1. The van der Waals surface area contributed by atoms with Gasteiger partial charge in [0.2, 0.25) is 0 Å². The number of halogens is 3. The van der Waals surface area contributed by atoms with E-state index < -0.39 is 5.82 Å².